The van der Waals surface area contributed by atoms with Crippen molar-refractivity contribution < 1.29 is 13.9 Å². The van der Waals surface area contributed by atoms with Gasteiger partial charge in [-0.1, -0.05) is 0 Å². The number of pyridine rings is 1. The number of aromatic nitrogens is 1. The van der Waals surface area contributed by atoms with Gasteiger partial charge in [0, 0.05) is 26.4 Å². The second-order valence-electron chi connectivity index (χ2n) is 4.26. The molecule has 0 saturated carbocycles. The quantitative estimate of drug-likeness (QED) is 0.860. The van der Waals surface area contributed by atoms with Gasteiger partial charge in [-0.05, 0) is 40.2 Å². The lowest BCUT2D eigenvalue weighted by molar-refractivity contribution is 0.0827. The standard InChI is InChI=1S/C14H12BrFN2O2/c1-18(2)14(19)9-3-6-13(17-8-9)20-10-4-5-12(16)11(15)7-10/h3-8H,1-2H3. The van der Waals surface area contributed by atoms with E-state index in [0.29, 0.717) is 21.7 Å². The van der Waals surface area contributed by atoms with E-state index >= 15 is 0 Å². The molecule has 2 aromatic rings. The number of nitrogens with zero attached hydrogens (tertiary/aromatic N) is 2. The summed E-state index contributed by atoms with van der Waals surface area (Å²) >= 11 is 3.08. The second kappa shape index (κ2) is 6.00. The van der Waals surface area contributed by atoms with Crippen molar-refractivity contribution in [3.05, 3.63) is 52.4 Å². The molecule has 2 rings (SSSR count). The van der Waals surface area contributed by atoms with Crippen LogP contribution >= 0.6 is 15.9 Å². The van der Waals surface area contributed by atoms with E-state index < -0.39 is 0 Å². The Morgan fingerprint density at radius 2 is 2.05 bits per heavy atom. The third-order valence-corrected chi connectivity index (χ3v) is 3.11. The number of benzene rings is 1. The van der Waals surface area contributed by atoms with Crippen molar-refractivity contribution in [1.29, 1.82) is 0 Å². The van der Waals surface area contributed by atoms with Crippen LogP contribution in [0.4, 0.5) is 4.39 Å². The van der Waals surface area contributed by atoms with Gasteiger partial charge in [0.05, 0.1) is 10.0 Å². The van der Waals surface area contributed by atoms with Gasteiger partial charge in [0.15, 0.2) is 0 Å². The highest BCUT2D eigenvalue weighted by molar-refractivity contribution is 9.10. The summed E-state index contributed by atoms with van der Waals surface area (Å²) in [5, 5.41) is 0. The molecule has 0 saturated heterocycles. The molecule has 0 unspecified atom stereocenters. The zero-order chi connectivity index (χ0) is 14.7. The summed E-state index contributed by atoms with van der Waals surface area (Å²) in [6.45, 7) is 0. The second-order valence-corrected chi connectivity index (χ2v) is 5.12. The molecule has 6 heteroatoms. The first-order valence-electron chi connectivity index (χ1n) is 5.78. The predicted octanol–water partition coefficient (Wildman–Crippen LogP) is 3.48. The molecular weight excluding hydrogens is 327 g/mol. The van der Waals surface area contributed by atoms with Crippen LogP contribution in [0.15, 0.2) is 41.0 Å². The minimum Gasteiger partial charge on any atom is -0.439 e. The zero-order valence-electron chi connectivity index (χ0n) is 10.9. The van der Waals surface area contributed by atoms with E-state index in [1.165, 1.54) is 29.3 Å². The Morgan fingerprint density at radius 1 is 1.30 bits per heavy atom. The van der Waals surface area contributed by atoms with E-state index in [9.17, 15) is 9.18 Å². The largest absolute Gasteiger partial charge is 0.439 e. The molecular formula is C14H12BrFN2O2. The Morgan fingerprint density at radius 3 is 2.60 bits per heavy atom. The molecule has 0 fully saturated rings. The minimum absolute atomic E-state index is 0.131. The molecule has 0 aliphatic heterocycles. The number of carbonyl (C=O) groups is 1. The van der Waals surface area contributed by atoms with Crippen LogP contribution in [0.25, 0.3) is 0 Å². The van der Waals surface area contributed by atoms with E-state index in [1.54, 1.807) is 26.2 Å². The zero-order valence-corrected chi connectivity index (χ0v) is 12.5. The highest BCUT2D eigenvalue weighted by Crippen LogP contribution is 2.25. The smallest absolute Gasteiger partial charge is 0.254 e. The van der Waals surface area contributed by atoms with Crippen molar-refractivity contribution in [3.63, 3.8) is 0 Å². The van der Waals surface area contributed by atoms with Gasteiger partial charge in [-0.15, -0.1) is 0 Å². The van der Waals surface area contributed by atoms with Gasteiger partial charge in [-0.2, -0.15) is 0 Å². The molecule has 0 N–H and O–H groups in total. The predicted molar refractivity (Wildman–Crippen MR) is 76.4 cm³/mol. The third-order valence-electron chi connectivity index (χ3n) is 2.50. The normalized spacial score (nSPS) is 10.2. The van der Waals surface area contributed by atoms with Crippen LogP contribution in [0, 0.1) is 5.82 Å². The maximum atomic E-state index is 13.1. The fourth-order valence-corrected chi connectivity index (χ4v) is 1.84. The SMILES string of the molecule is CN(C)C(=O)c1ccc(Oc2ccc(F)c(Br)c2)nc1. The Labute approximate surface area is 124 Å². The summed E-state index contributed by atoms with van der Waals surface area (Å²) < 4.78 is 18.9. The number of hydrogen-bond donors (Lipinski definition) is 0. The molecule has 104 valence electrons. The van der Waals surface area contributed by atoms with Gasteiger partial charge in [0.25, 0.3) is 5.91 Å². The molecule has 1 amide bonds. The fraction of sp³-hybridized carbons (Fsp3) is 0.143. The molecule has 1 heterocycles. The van der Waals surface area contributed by atoms with Gasteiger partial charge in [-0.3, -0.25) is 4.79 Å². The summed E-state index contributed by atoms with van der Waals surface area (Å²) in [5.41, 5.74) is 0.475. The number of carbonyl (C=O) groups excluding carboxylic acids is 1. The summed E-state index contributed by atoms with van der Waals surface area (Å²) in [4.78, 5) is 17.2. The molecule has 0 radical (unpaired) electrons. The molecule has 0 aliphatic carbocycles. The van der Waals surface area contributed by atoms with E-state index in [4.69, 9.17) is 4.74 Å². The summed E-state index contributed by atoms with van der Waals surface area (Å²) in [6, 6.07) is 7.52. The molecule has 1 aromatic heterocycles. The van der Waals surface area contributed by atoms with Crippen LogP contribution in [0.1, 0.15) is 10.4 Å². The number of hydrogen-bond acceptors (Lipinski definition) is 3. The highest BCUT2D eigenvalue weighted by Gasteiger charge is 2.09. The van der Waals surface area contributed by atoms with Crippen molar-refractivity contribution in [1.82, 2.24) is 9.88 Å². The summed E-state index contributed by atoms with van der Waals surface area (Å²) in [7, 11) is 3.34. The first-order chi connectivity index (χ1) is 9.47. The Bertz CT molecular complexity index is 630. The van der Waals surface area contributed by atoms with E-state index in [1.807, 2.05) is 0 Å². The summed E-state index contributed by atoms with van der Waals surface area (Å²) in [6.07, 6.45) is 1.44. The van der Waals surface area contributed by atoms with Gasteiger partial charge in [0.1, 0.15) is 11.6 Å². The maximum Gasteiger partial charge on any atom is 0.254 e. The average molecular weight is 339 g/mol. The monoisotopic (exact) mass is 338 g/mol. The number of amides is 1. The maximum absolute atomic E-state index is 13.1. The first kappa shape index (κ1) is 14.5. The number of rotatable bonds is 3. The van der Waals surface area contributed by atoms with Crippen LogP contribution in [0.5, 0.6) is 11.6 Å². The van der Waals surface area contributed by atoms with Crippen LogP contribution < -0.4 is 4.74 Å². The Balaban J connectivity index is 2.14. The van der Waals surface area contributed by atoms with Crippen molar-refractivity contribution >= 4 is 21.8 Å². The average Bonchev–Trinajstić information content (AvgIpc) is 2.43. The molecule has 0 bridgehead atoms. The number of ether oxygens (including phenoxy) is 1. The molecule has 0 spiro atoms. The van der Waals surface area contributed by atoms with Gasteiger partial charge < -0.3 is 9.64 Å². The van der Waals surface area contributed by atoms with Crippen molar-refractivity contribution in [3.8, 4) is 11.6 Å². The van der Waals surface area contributed by atoms with Crippen LogP contribution in [-0.2, 0) is 0 Å². The fourth-order valence-electron chi connectivity index (χ4n) is 1.49. The van der Waals surface area contributed by atoms with Crippen LogP contribution in [0.3, 0.4) is 0 Å². The third kappa shape index (κ3) is 3.33. The first-order valence-corrected chi connectivity index (χ1v) is 6.57. The lowest BCUT2D eigenvalue weighted by atomic mass is 10.2. The van der Waals surface area contributed by atoms with Crippen LogP contribution in [-0.4, -0.2) is 29.9 Å². The minimum atomic E-state index is -0.364. The summed E-state index contributed by atoms with van der Waals surface area (Å²) in [5.74, 6) is 0.294. The Kier molecular flexibility index (Phi) is 4.34. The molecule has 1 aromatic carbocycles. The lowest BCUT2D eigenvalue weighted by Crippen LogP contribution is -2.21. The van der Waals surface area contributed by atoms with Crippen molar-refractivity contribution in [2.75, 3.05) is 14.1 Å². The molecule has 0 aliphatic rings. The topological polar surface area (TPSA) is 42.4 Å². The highest BCUT2D eigenvalue weighted by atomic mass is 79.9. The van der Waals surface area contributed by atoms with E-state index in [-0.39, 0.29) is 11.7 Å². The molecule has 20 heavy (non-hydrogen) atoms. The van der Waals surface area contributed by atoms with Gasteiger partial charge in [-0.25, -0.2) is 9.37 Å². The molecule has 4 nitrogen and oxygen atoms in total. The number of halogens is 2. The Hall–Kier alpha value is -1.95. The lowest BCUT2D eigenvalue weighted by Gasteiger charge is -2.10. The van der Waals surface area contributed by atoms with Crippen molar-refractivity contribution in [2.24, 2.45) is 0 Å². The van der Waals surface area contributed by atoms with E-state index in [2.05, 4.69) is 20.9 Å². The van der Waals surface area contributed by atoms with E-state index in [0.717, 1.165) is 0 Å². The van der Waals surface area contributed by atoms with Crippen molar-refractivity contribution in [2.45, 2.75) is 0 Å². The van der Waals surface area contributed by atoms with Gasteiger partial charge in [0.2, 0.25) is 5.88 Å². The molecule has 0 atom stereocenters. The van der Waals surface area contributed by atoms with Crippen LogP contribution in [0.2, 0.25) is 0 Å². The van der Waals surface area contributed by atoms with Gasteiger partial charge >= 0.3 is 0 Å².